The van der Waals surface area contributed by atoms with Crippen LogP contribution in [0.25, 0.3) is 0 Å². The molecule has 1 atom stereocenters. The molecule has 1 rings (SSSR count). The second-order valence-corrected chi connectivity index (χ2v) is 3.27. The van der Waals surface area contributed by atoms with Gasteiger partial charge in [-0.15, -0.1) is 11.6 Å². The Morgan fingerprint density at radius 1 is 1.33 bits per heavy atom. The van der Waals surface area contributed by atoms with Crippen molar-refractivity contribution in [2.45, 2.75) is 19.2 Å². The number of alkyl halides is 1. The molecule has 0 aliphatic rings. The third kappa shape index (κ3) is 1.78. The van der Waals surface area contributed by atoms with E-state index in [4.69, 9.17) is 16.9 Å². The van der Waals surface area contributed by atoms with Crippen molar-refractivity contribution in [2.24, 2.45) is 0 Å². The normalized spacial score (nSPS) is 12.2. The number of rotatable bonds is 1. The van der Waals surface area contributed by atoms with Crippen LogP contribution < -0.4 is 0 Å². The van der Waals surface area contributed by atoms with E-state index in [-0.39, 0.29) is 0 Å². The highest BCUT2D eigenvalue weighted by Gasteiger charge is 2.05. The highest BCUT2D eigenvalue weighted by molar-refractivity contribution is 6.22. The molecule has 0 aliphatic carbocycles. The van der Waals surface area contributed by atoms with Gasteiger partial charge in [-0.1, -0.05) is 18.2 Å². The average Bonchev–Trinajstić information content (AvgIpc) is 2.08. The van der Waals surface area contributed by atoms with Crippen LogP contribution in [0.15, 0.2) is 18.2 Å². The molecule has 12 heavy (non-hydrogen) atoms. The first-order valence-corrected chi connectivity index (χ1v) is 4.19. The van der Waals surface area contributed by atoms with Crippen LogP contribution in [-0.2, 0) is 0 Å². The minimum Gasteiger partial charge on any atom is -0.196 e. The minimum absolute atomic E-state index is 0.524. The molecule has 0 saturated heterocycles. The molecule has 0 N–H and O–H groups in total. The van der Waals surface area contributed by atoms with Gasteiger partial charge in [0, 0.05) is 0 Å². The van der Waals surface area contributed by atoms with Gasteiger partial charge in [0.05, 0.1) is 6.07 Å². The Hall–Kier alpha value is -1.00. The molecule has 2 heteroatoms. The monoisotopic (exact) mass is 179 g/mol. The summed E-state index contributed by atoms with van der Waals surface area (Å²) in [6, 6.07) is 7.82. The maximum Gasteiger partial charge on any atom is 0.145 e. The van der Waals surface area contributed by atoms with Crippen molar-refractivity contribution in [1.29, 1.82) is 5.26 Å². The molecule has 1 aromatic carbocycles. The fraction of sp³-hybridized carbons (Fsp3) is 0.300. The number of hydrogen-bond donors (Lipinski definition) is 0. The second kappa shape index (κ2) is 3.60. The summed E-state index contributed by atoms with van der Waals surface area (Å²) in [5.74, 6) is 0. The van der Waals surface area contributed by atoms with Gasteiger partial charge in [0.1, 0.15) is 5.38 Å². The Balaban J connectivity index is 3.06. The van der Waals surface area contributed by atoms with Crippen molar-refractivity contribution in [3.05, 3.63) is 34.9 Å². The maximum absolute atomic E-state index is 8.57. The zero-order valence-electron chi connectivity index (χ0n) is 7.13. The fourth-order valence-corrected chi connectivity index (χ4v) is 1.13. The summed E-state index contributed by atoms with van der Waals surface area (Å²) in [6.45, 7) is 4.05. The number of nitrogens with zero attached hydrogens (tertiary/aromatic N) is 1. The van der Waals surface area contributed by atoms with E-state index < -0.39 is 5.38 Å². The van der Waals surface area contributed by atoms with Crippen LogP contribution in [0, 0.1) is 25.2 Å². The summed E-state index contributed by atoms with van der Waals surface area (Å²) in [4.78, 5) is 0. The largest absolute Gasteiger partial charge is 0.196 e. The molecule has 0 radical (unpaired) electrons. The highest BCUT2D eigenvalue weighted by atomic mass is 35.5. The van der Waals surface area contributed by atoms with Crippen molar-refractivity contribution in [3.63, 3.8) is 0 Å². The first-order chi connectivity index (χ1) is 5.65. The van der Waals surface area contributed by atoms with Gasteiger partial charge in [-0.3, -0.25) is 0 Å². The van der Waals surface area contributed by atoms with Crippen molar-refractivity contribution in [3.8, 4) is 6.07 Å². The van der Waals surface area contributed by atoms with Crippen LogP contribution in [0.4, 0.5) is 0 Å². The van der Waals surface area contributed by atoms with Crippen LogP contribution in [0.2, 0.25) is 0 Å². The van der Waals surface area contributed by atoms with Gasteiger partial charge in [0.15, 0.2) is 0 Å². The van der Waals surface area contributed by atoms with E-state index in [1.54, 1.807) is 0 Å². The summed E-state index contributed by atoms with van der Waals surface area (Å²) in [6.07, 6.45) is 0. The van der Waals surface area contributed by atoms with Gasteiger partial charge in [0.2, 0.25) is 0 Å². The summed E-state index contributed by atoms with van der Waals surface area (Å²) in [5.41, 5.74) is 3.27. The van der Waals surface area contributed by atoms with Crippen molar-refractivity contribution in [1.82, 2.24) is 0 Å². The molecule has 0 spiro atoms. The van der Waals surface area contributed by atoms with E-state index in [1.807, 2.05) is 38.1 Å². The Morgan fingerprint density at radius 2 is 2.00 bits per heavy atom. The topological polar surface area (TPSA) is 23.8 Å². The molecule has 1 nitrogen and oxygen atoms in total. The van der Waals surface area contributed by atoms with Gasteiger partial charge < -0.3 is 0 Å². The van der Waals surface area contributed by atoms with Crippen molar-refractivity contribution >= 4 is 11.6 Å². The zero-order valence-corrected chi connectivity index (χ0v) is 7.89. The third-order valence-corrected chi connectivity index (χ3v) is 2.29. The van der Waals surface area contributed by atoms with Crippen LogP contribution in [-0.4, -0.2) is 0 Å². The fourth-order valence-electron chi connectivity index (χ4n) is 0.997. The first-order valence-electron chi connectivity index (χ1n) is 3.76. The van der Waals surface area contributed by atoms with E-state index in [0.717, 1.165) is 5.56 Å². The summed E-state index contributed by atoms with van der Waals surface area (Å²) < 4.78 is 0. The molecule has 0 heterocycles. The molecular weight excluding hydrogens is 170 g/mol. The number of nitriles is 1. The molecule has 0 amide bonds. The van der Waals surface area contributed by atoms with E-state index >= 15 is 0 Å². The molecule has 1 unspecified atom stereocenters. The van der Waals surface area contributed by atoms with Crippen LogP contribution in [0.3, 0.4) is 0 Å². The highest BCUT2D eigenvalue weighted by Crippen LogP contribution is 2.21. The second-order valence-electron chi connectivity index (χ2n) is 2.84. The summed E-state index contributed by atoms with van der Waals surface area (Å²) in [7, 11) is 0. The standard InChI is InChI=1S/C10H10ClN/c1-7-3-4-9(5-8(7)2)10(11)6-12/h3-5,10H,1-2H3. The third-order valence-electron chi connectivity index (χ3n) is 1.94. The molecule has 0 saturated carbocycles. The predicted octanol–water partition coefficient (Wildman–Crippen LogP) is 3.11. The van der Waals surface area contributed by atoms with Crippen molar-refractivity contribution < 1.29 is 0 Å². The van der Waals surface area contributed by atoms with Crippen LogP contribution in [0.5, 0.6) is 0 Å². The summed E-state index contributed by atoms with van der Waals surface area (Å²) in [5, 5.41) is 8.04. The van der Waals surface area contributed by atoms with Gasteiger partial charge in [-0.05, 0) is 30.5 Å². The van der Waals surface area contributed by atoms with Gasteiger partial charge >= 0.3 is 0 Å². The Bertz CT molecular complexity index is 325. The molecular formula is C10H10ClN. The lowest BCUT2D eigenvalue weighted by Crippen LogP contribution is -1.89. The number of aryl methyl sites for hydroxylation is 2. The average molecular weight is 180 g/mol. The lowest BCUT2D eigenvalue weighted by Gasteiger charge is -2.04. The Labute approximate surface area is 77.6 Å². The van der Waals surface area contributed by atoms with E-state index in [1.165, 1.54) is 11.1 Å². The van der Waals surface area contributed by atoms with Gasteiger partial charge in [-0.25, -0.2) is 0 Å². The van der Waals surface area contributed by atoms with Gasteiger partial charge in [0.25, 0.3) is 0 Å². The van der Waals surface area contributed by atoms with E-state index in [0.29, 0.717) is 0 Å². The number of hydrogen-bond acceptors (Lipinski definition) is 1. The minimum atomic E-state index is -0.524. The molecule has 0 bridgehead atoms. The maximum atomic E-state index is 8.57. The predicted molar refractivity (Wildman–Crippen MR) is 50.1 cm³/mol. The molecule has 0 aromatic heterocycles. The van der Waals surface area contributed by atoms with Crippen LogP contribution >= 0.6 is 11.6 Å². The van der Waals surface area contributed by atoms with Crippen molar-refractivity contribution in [2.75, 3.05) is 0 Å². The van der Waals surface area contributed by atoms with E-state index in [9.17, 15) is 0 Å². The summed E-state index contributed by atoms with van der Waals surface area (Å²) >= 11 is 5.75. The Kier molecular flexibility index (Phi) is 2.73. The Morgan fingerprint density at radius 3 is 2.50 bits per heavy atom. The van der Waals surface area contributed by atoms with Crippen LogP contribution in [0.1, 0.15) is 22.1 Å². The zero-order chi connectivity index (χ0) is 9.14. The smallest absolute Gasteiger partial charge is 0.145 e. The quantitative estimate of drug-likeness (QED) is 0.608. The van der Waals surface area contributed by atoms with E-state index in [2.05, 4.69) is 0 Å². The number of benzene rings is 1. The molecule has 0 fully saturated rings. The SMILES string of the molecule is Cc1ccc(C(Cl)C#N)cc1C. The first kappa shape index (κ1) is 9.09. The lowest BCUT2D eigenvalue weighted by molar-refractivity contribution is 1.18. The molecule has 62 valence electrons. The lowest BCUT2D eigenvalue weighted by atomic mass is 10.0. The number of halogens is 1. The molecule has 1 aromatic rings. The van der Waals surface area contributed by atoms with Gasteiger partial charge in [-0.2, -0.15) is 5.26 Å². The molecule has 0 aliphatic heterocycles.